The summed E-state index contributed by atoms with van der Waals surface area (Å²) in [5.74, 6) is -0.966. The van der Waals surface area contributed by atoms with Crippen LogP contribution in [0.1, 0.15) is 12.8 Å². The molecular formula is C22H23BrFN5O2. The van der Waals surface area contributed by atoms with Crippen LogP contribution in [0.4, 0.5) is 15.8 Å². The lowest BCUT2D eigenvalue weighted by Crippen LogP contribution is -2.40. The summed E-state index contributed by atoms with van der Waals surface area (Å²) >= 11 is 3.50. The van der Waals surface area contributed by atoms with Crippen LogP contribution in [-0.4, -0.2) is 43.2 Å². The van der Waals surface area contributed by atoms with Crippen molar-refractivity contribution in [1.82, 2.24) is 5.32 Å². The van der Waals surface area contributed by atoms with Crippen LogP contribution in [-0.2, 0) is 9.59 Å². The van der Waals surface area contributed by atoms with Crippen molar-refractivity contribution in [3.05, 3.63) is 58.8 Å². The number of benzene rings is 2. The number of carbonyl (C=O) groups is 2. The van der Waals surface area contributed by atoms with Gasteiger partial charge in [-0.05, 0) is 54.8 Å². The van der Waals surface area contributed by atoms with Gasteiger partial charge in [-0.3, -0.25) is 14.6 Å². The van der Waals surface area contributed by atoms with E-state index in [2.05, 4.69) is 43.4 Å². The summed E-state index contributed by atoms with van der Waals surface area (Å²) in [4.78, 5) is 26.9. The van der Waals surface area contributed by atoms with E-state index >= 15 is 0 Å². The van der Waals surface area contributed by atoms with Crippen LogP contribution in [0.3, 0.4) is 0 Å². The summed E-state index contributed by atoms with van der Waals surface area (Å²) in [6.45, 7) is 2.31. The van der Waals surface area contributed by atoms with Crippen LogP contribution in [0, 0.1) is 11.7 Å². The van der Waals surface area contributed by atoms with Crippen molar-refractivity contribution in [3.8, 4) is 0 Å². The number of anilines is 2. The Morgan fingerprint density at radius 2 is 1.97 bits per heavy atom. The minimum atomic E-state index is -0.773. The zero-order valence-corrected chi connectivity index (χ0v) is 18.4. The summed E-state index contributed by atoms with van der Waals surface area (Å²) in [6, 6.07) is 13.0. The van der Waals surface area contributed by atoms with Crippen molar-refractivity contribution < 1.29 is 14.0 Å². The lowest BCUT2D eigenvalue weighted by molar-refractivity contribution is -0.119. The summed E-state index contributed by atoms with van der Waals surface area (Å²) < 4.78 is 14.3. The third-order valence-corrected chi connectivity index (χ3v) is 6.10. The molecule has 2 amide bonds. The second kappa shape index (κ2) is 9.05. The Bertz CT molecular complexity index is 1010. The Hall–Kier alpha value is -2.94. The van der Waals surface area contributed by atoms with E-state index in [0.29, 0.717) is 18.2 Å². The number of nitrogens with two attached hydrogens (primary N) is 1. The standard InChI is InChI=1S/C22H23BrFN5O2/c23-15-2-1-3-18(10-15)28-9-8-14(13-28)12-26-22(31)19-11-20(21(25)30)29(27-19)17-6-4-16(24)5-7-17/h1-7,10,14,20H,8-9,11-13H2,(H2,25,30)(H,26,31). The fourth-order valence-electron chi connectivity index (χ4n) is 3.95. The molecule has 0 saturated carbocycles. The van der Waals surface area contributed by atoms with Crippen molar-refractivity contribution in [1.29, 1.82) is 0 Å². The molecule has 0 aromatic heterocycles. The first-order chi connectivity index (χ1) is 14.9. The van der Waals surface area contributed by atoms with E-state index in [4.69, 9.17) is 5.73 Å². The smallest absolute Gasteiger partial charge is 0.267 e. The van der Waals surface area contributed by atoms with Gasteiger partial charge in [-0.25, -0.2) is 4.39 Å². The quantitative estimate of drug-likeness (QED) is 0.655. The van der Waals surface area contributed by atoms with Crippen LogP contribution in [0.2, 0.25) is 0 Å². The van der Waals surface area contributed by atoms with Crippen LogP contribution in [0.5, 0.6) is 0 Å². The SMILES string of the molecule is NC(=O)C1CC(C(=O)NCC2CCN(c3cccc(Br)c3)C2)=NN1c1ccc(F)cc1. The van der Waals surface area contributed by atoms with Gasteiger partial charge in [0.2, 0.25) is 5.91 Å². The van der Waals surface area contributed by atoms with Gasteiger partial charge in [0.05, 0.1) is 5.69 Å². The maximum atomic E-state index is 13.2. The number of primary amides is 1. The lowest BCUT2D eigenvalue weighted by Gasteiger charge is -2.20. The van der Waals surface area contributed by atoms with Crippen LogP contribution < -0.4 is 21.0 Å². The second-order valence-corrected chi connectivity index (χ2v) is 8.70. The normalized spacial score (nSPS) is 20.6. The zero-order chi connectivity index (χ0) is 22.0. The monoisotopic (exact) mass is 487 g/mol. The molecule has 31 heavy (non-hydrogen) atoms. The number of rotatable bonds is 6. The molecule has 0 aliphatic carbocycles. The van der Waals surface area contributed by atoms with E-state index in [-0.39, 0.29) is 18.0 Å². The molecule has 4 rings (SSSR count). The summed E-state index contributed by atoms with van der Waals surface area (Å²) in [6.07, 6.45) is 1.10. The predicted molar refractivity (Wildman–Crippen MR) is 121 cm³/mol. The van der Waals surface area contributed by atoms with E-state index in [9.17, 15) is 14.0 Å². The van der Waals surface area contributed by atoms with Gasteiger partial charge in [0.15, 0.2) is 0 Å². The van der Waals surface area contributed by atoms with Crippen molar-refractivity contribution in [3.63, 3.8) is 0 Å². The number of carbonyl (C=O) groups excluding carboxylic acids is 2. The Labute approximate surface area is 188 Å². The van der Waals surface area contributed by atoms with Crippen LogP contribution in [0.25, 0.3) is 0 Å². The van der Waals surface area contributed by atoms with Gasteiger partial charge in [-0.1, -0.05) is 22.0 Å². The topological polar surface area (TPSA) is 91.0 Å². The highest BCUT2D eigenvalue weighted by molar-refractivity contribution is 9.10. The molecule has 9 heteroatoms. The van der Waals surface area contributed by atoms with Gasteiger partial charge >= 0.3 is 0 Å². The molecule has 2 aliphatic heterocycles. The Morgan fingerprint density at radius 3 is 2.68 bits per heavy atom. The first kappa shape index (κ1) is 21.3. The maximum absolute atomic E-state index is 13.2. The van der Waals surface area contributed by atoms with Gasteiger partial charge in [0.1, 0.15) is 17.6 Å². The largest absolute Gasteiger partial charge is 0.371 e. The van der Waals surface area contributed by atoms with Gasteiger partial charge in [-0.15, -0.1) is 0 Å². The summed E-state index contributed by atoms with van der Waals surface area (Å²) in [5, 5.41) is 8.64. The molecule has 2 atom stereocenters. The number of hydrogen-bond donors (Lipinski definition) is 2. The molecule has 162 valence electrons. The molecule has 0 bridgehead atoms. The van der Waals surface area contributed by atoms with Gasteiger partial charge in [0, 0.05) is 36.2 Å². The van der Waals surface area contributed by atoms with Gasteiger partial charge in [-0.2, -0.15) is 5.10 Å². The average Bonchev–Trinajstić information content (AvgIpc) is 3.40. The minimum Gasteiger partial charge on any atom is -0.371 e. The number of amides is 2. The molecular weight excluding hydrogens is 465 g/mol. The van der Waals surface area contributed by atoms with Crippen molar-refractivity contribution in [2.75, 3.05) is 29.5 Å². The fraction of sp³-hybridized carbons (Fsp3) is 0.318. The van der Waals surface area contributed by atoms with E-state index < -0.39 is 17.8 Å². The molecule has 3 N–H and O–H groups in total. The number of nitrogens with one attached hydrogen (secondary N) is 1. The maximum Gasteiger partial charge on any atom is 0.267 e. The number of hydrogen-bond acceptors (Lipinski definition) is 5. The van der Waals surface area contributed by atoms with Gasteiger partial charge in [0.25, 0.3) is 5.91 Å². The lowest BCUT2D eigenvalue weighted by atomic mass is 10.1. The fourth-order valence-corrected chi connectivity index (χ4v) is 4.33. The Kier molecular flexibility index (Phi) is 6.22. The van der Waals surface area contributed by atoms with Crippen LogP contribution >= 0.6 is 15.9 Å². The molecule has 7 nitrogen and oxygen atoms in total. The molecule has 2 unspecified atom stereocenters. The number of hydrazone groups is 1. The van der Waals surface area contributed by atoms with E-state index in [1.807, 2.05) is 12.1 Å². The van der Waals surface area contributed by atoms with Crippen molar-refractivity contribution >= 4 is 44.8 Å². The van der Waals surface area contributed by atoms with Crippen molar-refractivity contribution in [2.45, 2.75) is 18.9 Å². The third-order valence-electron chi connectivity index (χ3n) is 5.60. The predicted octanol–water partition coefficient (Wildman–Crippen LogP) is 2.65. The zero-order valence-electron chi connectivity index (χ0n) is 16.8. The van der Waals surface area contributed by atoms with Gasteiger partial charge < -0.3 is 16.0 Å². The first-order valence-corrected chi connectivity index (χ1v) is 10.9. The van der Waals surface area contributed by atoms with Crippen LogP contribution in [0.15, 0.2) is 58.1 Å². The van der Waals surface area contributed by atoms with E-state index in [1.54, 1.807) is 0 Å². The molecule has 2 aliphatic rings. The molecule has 2 heterocycles. The van der Waals surface area contributed by atoms with E-state index in [1.165, 1.54) is 29.3 Å². The molecule has 0 spiro atoms. The number of halogens is 2. The van der Waals surface area contributed by atoms with Crippen molar-refractivity contribution in [2.24, 2.45) is 16.8 Å². The molecule has 2 aromatic carbocycles. The summed E-state index contributed by atoms with van der Waals surface area (Å²) in [7, 11) is 0. The molecule has 0 radical (unpaired) electrons. The third kappa shape index (κ3) is 4.87. The second-order valence-electron chi connectivity index (χ2n) is 7.78. The Morgan fingerprint density at radius 1 is 1.19 bits per heavy atom. The molecule has 1 saturated heterocycles. The highest BCUT2D eigenvalue weighted by Gasteiger charge is 2.35. The average molecular weight is 488 g/mol. The highest BCUT2D eigenvalue weighted by atomic mass is 79.9. The Balaban J connectivity index is 1.36. The summed E-state index contributed by atoms with van der Waals surface area (Å²) in [5.41, 5.74) is 7.41. The molecule has 2 aromatic rings. The van der Waals surface area contributed by atoms with E-state index in [0.717, 1.165) is 29.7 Å². The highest BCUT2D eigenvalue weighted by Crippen LogP contribution is 2.27. The minimum absolute atomic E-state index is 0.118. The first-order valence-electron chi connectivity index (χ1n) is 10.1. The molecule has 1 fully saturated rings. The number of nitrogens with zero attached hydrogens (tertiary/aromatic N) is 3.